The molecular weight excluding hydrogens is 407 g/mol. The van der Waals surface area contributed by atoms with Crippen LogP contribution in [0.3, 0.4) is 0 Å². The van der Waals surface area contributed by atoms with Gasteiger partial charge in [-0.15, -0.1) is 5.10 Å². The standard InChI is InChI=1S/C21H23FN4O3S/c1-14-3-10-19(15(2)13-14)30(28,29)23-11-12-25-21(27)26(18-8-9-18)20(24-25)16-4-6-17(22)7-5-16/h3-7,10,13,18,23H,8-9,11-12H2,1-2H3. The third-order valence-corrected chi connectivity index (χ3v) is 6.74. The molecule has 30 heavy (non-hydrogen) atoms. The van der Waals surface area contributed by atoms with E-state index in [0.29, 0.717) is 17.0 Å². The fourth-order valence-corrected chi connectivity index (χ4v) is 4.73. The zero-order valence-electron chi connectivity index (χ0n) is 16.8. The maximum Gasteiger partial charge on any atom is 0.346 e. The number of hydrogen-bond donors (Lipinski definition) is 1. The molecule has 7 nitrogen and oxygen atoms in total. The minimum Gasteiger partial charge on any atom is -0.272 e. The van der Waals surface area contributed by atoms with Gasteiger partial charge in [0.15, 0.2) is 5.82 Å². The van der Waals surface area contributed by atoms with Crippen molar-refractivity contribution < 1.29 is 12.8 Å². The Morgan fingerprint density at radius 2 is 1.83 bits per heavy atom. The summed E-state index contributed by atoms with van der Waals surface area (Å²) in [5.74, 6) is 0.110. The lowest BCUT2D eigenvalue weighted by Crippen LogP contribution is -2.32. The summed E-state index contributed by atoms with van der Waals surface area (Å²) in [5, 5.41) is 4.40. The van der Waals surface area contributed by atoms with Gasteiger partial charge in [-0.25, -0.2) is 27.0 Å². The van der Waals surface area contributed by atoms with Gasteiger partial charge in [0.1, 0.15) is 5.82 Å². The second-order valence-corrected chi connectivity index (χ2v) is 9.34. The van der Waals surface area contributed by atoms with Crippen LogP contribution in [0.15, 0.2) is 52.2 Å². The van der Waals surface area contributed by atoms with E-state index >= 15 is 0 Å². The Morgan fingerprint density at radius 1 is 1.13 bits per heavy atom. The van der Waals surface area contributed by atoms with Crippen molar-refractivity contribution in [2.45, 2.75) is 44.2 Å². The van der Waals surface area contributed by atoms with Gasteiger partial charge in [0.25, 0.3) is 0 Å². The molecule has 0 aliphatic heterocycles. The predicted octanol–water partition coefficient (Wildman–Crippen LogP) is 2.78. The molecule has 0 amide bonds. The summed E-state index contributed by atoms with van der Waals surface area (Å²) in [6.07, 6.45) is 1.78. The lowest BCUT2D eigenvalue weighted by Gasteiger charge is -2.09. The smallest absolute Gasteiger partial charge is 0.272 e. The molecular formula is C21H23FN4O3S. The highest BCUT2D eigenvalue weighted by Crippen LogP contribution is 2.36. The third kappa shape index (κ3) is 4.08. The van der Waals surface area contributed by atoms with Gasteiger partial charge in [-0.05, 0) is 62.6 Å². The summed E-state index contributed by atoms with van der Waals surface area (Å²) in [7, 11) is -3.70. The van der Waals surface area contributed by atoms with Crippen LogP contribution in [0.5, 0.6) is 0 Å². The van der Waals surface area contributed by atoms with Gasteiger partial charge in [0.05, 0.1) is 11.4 Å². The summed E-state index contributed by atoms with van der Waals surface area (Å²) in [6, 6.07) is 11.0. The molecule has 2 aromatic carbocycles. The van der Waals surface area contributed by atoms with E-state index in [2.05, 4.69) is 9.82 Å². The molecule has 0 unspecified atom stereocenters. The quantitative estimate of drug-likeness (QED) is 0.625. The second-order valence-electron chi connectivity index (χ2n) is 7.60. The number of sulfonamides is 1. The number of rotatable bonds is 7. The molecule has 158 valence electrons. The van der Waals surface area contributed by atoms with E-state index in [1.54, 1.807) is 35.8 Å². The number of hydrogen-bond acceptors (Lipinski definition) is 4. The number of nitrogens with zero attached hydrogens (tertiary/aromatic N) is 3. The number of halogens is 1. The van der Waals surface area contributed by atoms with E-state index in [-0.39, 0.29) is 35.5 Å². The van der Waals surface area contributed by atoms with E-state index in [4.69, 9.17) is 0 Å². The van der Waals surface area contributed by atoms with Crippen LogP contribution in [-0.2, 0) is 16.6 Å². The van der Waals surface area contributed by atoms with Crippen LogP contribution in [0, 0.1) is 19.7 Å². The van der Waals surface area contributed by atoms with Crippen LogP contribution in [-0.4, -0.2) is 29.3 Å². The summed E-state index contributed by atoms with van der Waals surface area (Å²) < 4.78 is 43.9. The van der Waals surface area contributed by atoms with Gasteiger partial charge in [-0.2, -0.15) is 0 Å². The van der Waals surface area contributed by atoms with Crippen molar-refractivity contribution >= 4 is 10.0 Å². The maximum atomic E-state index is 13.3. The van der Waals surface area contributed by atoms with Crippen LogP contribution in [0.2, 0.25) is 0 Å². The van der Waals surface area contributed by atoms with E-state index in [0.717, 1.165) is 18.4 Å². The zero-order chi connectivity index (χ0) is 21.5. The first-order valence-corrected chi connectivity index (χ1v) is 11.3. The first kappa shape index (κ1) is 20.5. The van der Waals surface area contributed by atoms with E-state index < -0.39 is 10.0 Å². The molecule has 1 aromatic heterocycles. The molecule has 0 radical (unpaired) electrons. The van der Waals surface area contributed by atoms with E-state index in [1.807, 2.05) is 13.0 Å². The SMILES string of the molecule is Cc1ccc(S(=O)(=O)NCCn2nc(-c3ccc(F)cc3)n(C3CC3)c2=O)c(C)c1. The van der Waals surface area contributed by atoms with E-state index in [1.165, 1.54) is 16.8 Å². The van der Waals surface area contributed by atoms with Gasteiger partial charge >= 0.3 is 5.69 Å². The van der Waals surface area contributed by atoms with Gasteiger partial charge in [0, 0.05) is 18.2 Å². The van der Waals surface area contributed by atoms with Crippen molar-refractivity contribution in [1.82, 2.24) is 19.1 Å². The van der Waals surface area contributed by atoms with E-state index in [9.17, 15) is 17.6 Å². The Hall–Kier alpha value is -2.78. The third-order valence-electron chi connectivity index (χ3n) is 5.12. The van der Waals surface area contributed by atoms with Gasteiger partial charge < -0.3 is 0 Å². The topological polar surface area (TPSA) is 86.0 Å². The Labute approximate surface area is 174 Å². The molecule has 9 heteroatoms. The molecule has 1 heterocycles. The van der Waals surface area contributed by atoms with Crippen molar-refractivity contribution in [3.8, 4) is 11.4 Å². The normalized spacial score (nSPS) is 14.2. The van der Waals surface area contributed by atoms with Crippen molar-refractivity contribution in [3.63, 3.8) is 0 Å². The number of benzene rings is 2. The van der Waals surface area contributed by atoms with Crippen molar-refractivity contribution in [2.75, 3.05) is 6.54 Å². The molecule has 0 spiro atoms. The van der Waals surface area contributed by atoms with Crippen LogP contribution >= 0.6 is 0 Å². The Balaban J connectivity index is 1.55. The minimum absolute atomic E-state index is 0.0279. The van der Waals surface area contributed by atoms with Crippen LogP contribution in [0.1, 0.15) is 30.0 Å². The fraction of sp³-hybridized carbons (Fsp3) is 0.333. The largest absolute Gasteiger partial charge is 0.346 e. The molecule has 0 bridgehead atoms. The van der Waals surface area contributed by atoms with Crippen molar-refractivity contribution in [1.29, 1.82) is 0 Å². The van der Waals surface area contributed by atoms with Gasteiger partial charge in [0.2, 0.25) is 10.0 Å². The highest BCUT2D eigenvalue weighted by Gasteiger charge is 2.30. The van der Waals surface area contributed by atoms with Crippen LogP contribution < -0.4 is 10.4 Å². The Morgan fingerprint density at radius 3 is 2.47 bits per heavy atom. The molecule has 1 N–H and O–H groups in total. The second kappa shape index (κ2) is 7.81. The summed E-state index contributed by atoms with van der Waals surface area (Å²) in [5.41, 5.74) is 2.01. The lowest BCUT2D eigenvalue weighted by atomic mass is 10.2. The van der Waals surface area contributed by atoms with Gasteiger partial charge in [-0.1, -0.05) is 17.7 Å². The molecule has 1 aliphatic rings. The first-order chi connectivity index (χ1) is 14.3. The van der Waals surface area contributed by atoms with Crippen LogP contribution in [0.4, 0.5) is 4.39 Å². The first-order valence-electron chi connectivity index (χ1n) is 9.78. The summed E-state index contributed by atoms with van der Waals surface area (Å²) in [4.78, 5) is 13.1. The Bertz CT molecular complexity index is 1240. The lowest BCUT2D eigenvalue weighted by molar-refractivity contribution is 0.546. The predicted molar refractivity (Wildman–Crippen MR) is 111 cm³/mol. The summed E-state index contributed by atoms with van der Waals surface area (Å²) in [6.45, 7) is 3.77. The highest BCUT2D eigenvalue weighted by molar-refractivity contribution is 7.89. The molecule has 0 saturated heterocycles. The Kier molecular flexibility index (Phi) is 5.33. The minimum atomic E-state index is -3.70. The number of aromatic nitrogens is 3. The molecule has 3 aromatic rings. The average Bonchev–Trinajstić information content (AvgIpc) is 3.46. The molecule has 4 rings (SSSR count). The monoisotopic (exact) mass is 430 g/mol. The van der Waals surface area contributed by atoms with Crippen LogP contribution in [0.25, 0.3) is 11.4 Å². The zero-order valence-corrected chi connectivity index (χ0v) is 17.6. The van der Waals surface area contributed by atoms with Gasteiger partial charge in [-0.3, -0.25) is 4.57 Å². The fourth-order valence-electron chi connectivity index (χ4n) is 3.49. The molecule has 1 aliphatic carbocycles. The maximum absolute atomic E-state index is 13.3. The number of aryl methyl sites for hydroxylation is 2. The molecule has 1 saturated carbocycles. The summed E-state index contributed by atoms with van der Waals surface area (Å²) >= 11 is 0. The highest BCUT2D eigenvalue weighted by atomic mass is 32.2. The van der Waals surface area contributed by atoms with Crippen molar-refractivity contribution in [2.24, 2.45) is 0 Å². The average molecular weight is 431 g/mol. The molecule has 0 atom stereocenters. The number of nitrogens with one attached hydrogen (secondary N) is 1. The van der Waals surface area contributed by atoms with Crippen molar-refractivity contribution in [3.05, 3.63) is 69.9 Å². The molecule has 1 fully saturated rings.